The summed E-state index contributed by atoms with van der Waals surface area (Å²) in [4.78, 5) is 23.2. The summed E-state index contributed by atoms with van der Waals surface area (Å²) in [5, 5.41) is 12.1. The van der Waals surface area contributed by atoms with Crippen molar-refractivity contribution in [2.24, 2.45) is 5.41 Å². The Morgan fingerprint density at radius 3 is 2.48 bits per heavy atom. The van der Waals surface area contributed by atoms with Gasteiger partial charge in [0, 0.05) is 12.3 Å². The summed E-state index contributed by atoms with van der Waals surface area (Å²) in [6.45, 7) is 0.257. The summed E-state index contributed by atoms with van der Waals surface area (Å²) in [7, 11) is 0. The molecule has 2 N–H and O–H groups in total. The van der Waals surface area contributed by atoms with Gasteiger partial charge in [-0.05, 0) is 18.4 Å². The van der Waals surface area contributed by atoms with Gasteiger partial charge in [0.2, 0.25) is 5.91 Å². The molecule has 0 bridgehead atoms. The monoisotopic (exact) mass is 307 g/mol. The molecule has 0 aromatic heterocycles. The van der Waals surface area contributed by atoms with Gasteiger partial charge >= 0.3 is 5.97 Å². The van der Waals surface area contributed by atoms with E-state index >= 15 is 0 Å². The first-order chi connectivity index (χ1) is 10.1. The van der Waals surface area contributed by atoms with Crippen LogP contribution in [0.3, 0.4) is 0 Å². The number of rotatable bonds is 7. The Morgan fingerprint density at radius 1 is 1.19 bits per heavy atom. The molecule has 1 fully saturated rings. The average Bonchev–Trinajstić information content (AvgIpc) is 2.96. The van der Waals surface area contributed by atoms with E-state index < -0.39 is 11.4 Å². The fraction of sp³-hybridized carbons (Fsp3) is 0.500. The van der Waals surface area contributed by atoms with Crippen molar-refractivity contribution >= 4 is 23.6 Å². The van der Waals surface area contributed by atoms with Crippen molar-refractivity contribution in [3.05, 3.63) is 35.9 Å². The van der Waals surface area contributed by atoms with Crippen LogP contribution in [0.2, 0.25) is 0 Å². The average molecular weight is 307 g/mol. The first kappa shape index (κ1) is 15.9. The van der Waals surface area contributed by atoms with Gasteiger partial charge in [-0.3, -0.25) is 9.59 Å². The maximum Gasteiger partial charge on any atom is 0.311 e. The second-order valence-corrected chi connectivity index (χ2v) is 6.53. The number of carbonyl (C=O) groups excluding carboxylic acids is 1. The standard InChI is InChI=1S/C16H21NO3S/c18-14(11-21-10-13-6-2-1-3-7-13)17-12-16(15(19)20)8-4-5-9-16/h1-3,6-7H,4-5,8-12H2,(H,17,18)(H,19,20). The zero-order valence-electron chi connectivity index (χ0n) is 12.0. The summed E-state index contributed by atoms with van der Waals surface area (Å²) in [6.07, 6.45) is 3.20. The van der Waals surface area contributed by atoms with E-state index in [2.05, 4.69) is 5.32 Å². The SMILES string of the molecule is O=C(CSCc1ccccc1)NCC1(C(=O)O)CCCC1. The molecule has 0 aliphatic heterocycles. The molecule has 114 valence electrons. The van der Waals surface area contributed by atoms with E-state index in [1.807, 2.05) is 30.3 Å². The predicted molar refractivity (Wildman–Crippen MR) is 84.2 cm³/mol. The first-order valence-electron chi connectivity index (χ1n) is 7.24. The lowest BCUT2D eigenvalue weighted by Gasteiger charge is -2.23. The highest BCUT2D eigenvalue weighted by Crippen LogP contribution is 2.37. The van der Waals surface area contributed by atoms with Crippen LogP contribution < -0.4 is 5.32 Å². The highest BCUT2D eigenvalue weighted by molar-refractivity contribution is 7.99. The Labute approximate surface area is 129 Å². The smallest absolute Gasteiger partial charge is 0.311 e. The second-order valence-electron chi connectivity index (χ2n) is 5.55. The van der Waals surface area contributed by atoms with Crippen LogP contribution in [0.25, 0.3) is 0 Å². The fourth-order valence-electron chi connectivity index (χ4n) is 2.67. The molecule has 2 rings (SSSR count). The van der Waals surface area contributed by atoms with Gasteiger partial charge < -0.3 is 10.4 Å². The molecule has 1 aliphatic rings. The minimum absolute atomic E-state index is 0.0801. The highest BCUT2D eigenvalue weighted by atomic mass is 32.2. The summed E-state index contributed by atoms with van der Waals surface area (Å²) >= 11 is 1.54. The van der Waals surface area contributed by atoms with Crippen molar-refractivity contribution < 1.29 is 14.7 Å². The van der Waals surface area contributed by atoms with Crippen LogP contribution in [0.5, 0.6) is 0 Å². The Hall–Kier alpha value is -1.49. The number of hydrogen-bond donors (Lipinski definition) is 2. The molecule has 0 radical (unpaired) electrons. The molecule has 21 heavy (non-hydrogen) atoms. The van der Waals surface area contributed by atoms with E-state index in [0.29, 0.717) is 18.6 Å². The lowest BCUT2D eigenvalue weighted by atomic mass is 9.86. The lowest BCUT2D eigenvalue weighted by molar-refractivity contribution is -0.148. The number of hydrogen-bond acceptors (Lipinski definition) is 3. The molecule has 5 heteroatoms. The van der Waals surface area contributed by atoms with E-state index in [1.54, 1.807) is 11.8 Å². The van der Waals surface area contributed by atoms with Crippen LogP contribution in [0, 0.1) is 5.41 Å². The van der Waals surface area contributed by atoms with Crippen molar-refractivity contribution in [2.45, 2.75) is 31.4 Å². The van der Waals surface area contributed by atoms with E-state index in [0.717, 1.165) is 18.6 Å². The van der Waals surface area contributed by atoms with Crippen LogP contribution in [0.1, 0.15) is 31.2 Å². The number of carboxylic acid groups (broad SMARTS) is 1. The number of thioether (sulfide) groups is 1. The number of carbonyl (C=O) groups is 2. The van der Waals surface area contributed by atoms with Gasteiger partial charge in [0.1, 0.15) is 0 Å². The number of amides is 1. The predicted octanol–water partition coefficient (Wildman–Crippen LogP) is 2.68. The van der Waals surface area contributed by atoms with Crippen LogP contribution in [-0.2, 0) is 15.3 Å². The first-order valence-corrected chi connectivity index (χ1v) is 8.40. The van der Waals surface area contributed by atoms with Gasteiger partial charge in [-0.1, -0.05) is 43.2 Å². The Kier molecular flexibility index (Phi) is 5.67. The maximum atomic E-state index is 11.8. The van der Waals surface area contributed by atoms with Crippen LogP contribution in [0.15, 0.2) is 30.3 Å². The van der Waals surface area contributed by atoms with Crippen molar-refractivity contribution in [1.29, 1.82) is 0 Å². The molecule has 1 aromatic carbocycles. The zero-order valence-corrected chi connectivity index (χ0v) is 12.8. The summed E-state index contributed by atoms with van der Waals surface area (Å²) in [5.41, 5.74) is 0.452. The van der Waals surface area contributed by atoms with Crippen molar-refractivity contribution in [1.82, 2.24) is 5.32 Å². The van der Waals surface area contributed by atoms with Crippen LogP contribution >= 0.6 is 11.8 Å². The van der Waals surface area contributed by atoms with Gasteiger partial charge in [-0.25, -0.2) is 0 Å². The van der Waals surface area contributed by atoms with Gasteiger partial charge in [0.25, 0.3) is 0 Å². The van der Waals surface area contributed by atoms with E-state index in [1.165, 1.54) is 5.56 Å². The summed E-state index contributed by atoms with van der Waals surface area (Å²) < 4.78 is 0. The Balaban J connectivity index is 1.71. The molecule has 0 spiro atoms. The Bertz CT molecular complexity index is 484. The van der Waals surface area contributed by atoms with E-state index in [-0.39, 0.29) is 12.5 Å². The van der Waals surface area contributed by atoms with Gasteiger partial charge in [0.05, 0.1) is 11.2 Å². The molecule has 0 heterocycles. The molecule has 1 aliphatic carbocycles. The molecule has 1 saturated carbocycles. The van der Waals surface area contributed by atoms with Gasteiger partial charge in [-0.15, -0.1) is 11.8 Å². The molecule has 0 atom stereocenters. The molecule has 1 amide bonds. The minimum atomic E-state index is -0.780. The summed E-state index contributed by atoms with van der Waals surface area (Å²) in [5.74, 6) is 0.295. The normalized spacial score (nSPS) is 16.6. The van der Waals surface area contributed by atoms with Gasteiger partial charge in [-0.2, -0.15) is 0 Å². The van der Waals surface area contributed by atoms with Crippen molar-refractivity contribution in [3.63, 3.8) is 0 Å². The Morgan fingerprint density at radius 2 is 1.86 bits per heavy atom. The number of carboxylic acids is 1. The molecular weight excluding hydrogens is 286 g/mol. The summed E-state index contributed by atoms with van der Waals surface area (Å²) in [6, 6.07) is 9.99. The number of benzene rings is 1. The third-order valence-corrected chi connectivity index (χ3v) is 4.99. The third-order valence-electron chi connectivity index (χ3n) is 3.98. The molecule has 0 unspecified atom stereocenters. The minimum Gasteiger partial charge on any atom is -0.481 e. The van der Waals surface area contributed by atoms with Gasteiger partial charge in [0.15, 0.2) is 0 Å². The van der Waals surface area contributed by atoms with Crippen molar-refractivity contribution in [3.8, 4) is 0 Å². The lowest BCUT2D eigenvalue weighted by Crippen LogP contribution is -2.41. The van der Waals surface area contributed by atoms with Crippen LogP contribution in [-0.4, -0.2) is 29.3 Å². The molecular formula is C16H21NO3S. The second kappa shape index (κ2) is 7.50. The topological polar surface area (TPSA) is 66.4 Å². The number of nitrogens with one attached hydrogen (secondary N) is 1. The van der Waals surface area contributed by atoms with Crippen molar-refractivity contribution in [2.75, 3.05) is 12.3 Å². The molecule has 4 nitrogen and oxygen atoms in total. The fourth-order valence-corrected chi connectivity index (χ4v) is 3.49. The van der Waals surface area contributed by atoms with E-state index in [9.17, 15) is 14.7 Å². The van der Waals surface area contributed by atoms with Crippen LogP contribution in [0.4, 0.5) is 0 Å². The highest BCUT2D eigenvalue weighted by Gasteiger charge is 2.41. The largest absolute Gasteiger partial charge is 0.481 e. The third kappa shape index (κ3) is 4.49. The zero-order chi connectivity index (χ0) is 15.1. The van der Waals surface area contributed by atoms with E-state index in [4.69, 9.17) is 0 Å². The maximum absolute atomic E-state index is 11.8. The number of aliphatic carboxylic acids is 1. The molecule has 1 aromatic rings. The quantitative estimate of drug-likeness (QED) is 0.813. The molecule has 0 saturated heterocycles.